The van der Waals surface area contributed by atoms with Crippen molar-refractivity contribution in [1.29, 1.82) is 0 Å². The Hall–Kier alpha value is -3.57. The predicted octanol–water partition coefficient (Wildman–Crippen LogP) is 1.25. The highest BCUT2D eigenvalue weighted by molar-refractivity contribution is 7.89. The second kappa shape index (κ2) is 8.43. The highest BCUT2D eigenvalue weighted by Crippen LogP contribution is 2.22. The van der Waals surface area contributed by atoms with Gasteiger partial charge < -0.3 is 9.84 Å². The number of ether oxygens (including phenoxy) is 1. The van der Waals surface area contributed by atoms with Crippen LogP contribution in [0.2, 0.25) is 0 Å². The largest absolute Gasteiger partial charge is 0.478 e. The first-order valence-electron chi connectivity index (χ1n) is 8.64. The highest BCUT2D eigenvalue weighted by Gasteiger charge is 2.24. The number of carbonyl (C=O) groups excluding carboxylic acids is 1. The molecular weight excluding hydrogens is 412 g/mol. The Labute approximate surface area is 171 Å². The van der Waals surface area contributed by atoms with Crippen LogP contribution in [0.25, 0.3) is 11.3 Å². The van der Waals surface area contributed by atoms with E-state index in [1.807, 2.05) is 0 Å². The molecule has 0 radical (unpaired) electrons. The molecule has 0 aliphatic heterocycles. The molecular formula is C19H18N4O6S. The number of esters is 1. The van der Waals surface area contributed by atoms with Gasteiger partial charge in [0.05, 0.1) is 23.8 Å². The number of benzene rings is 2. The Morgan fingerprint density at radius 1 is 1.13 bits per heavy atom. The van der Waals surface area contributed by atoms with E-state index in [2.05, 4.69) is 10.3 Å². The zero-order valence-electron chi connectivity index (χ0n) is 15.8. The summed E-state index contributed by atoms with van der Waals surface area (Å²) in [7, 11) is -2.55. The smallest absolute Gasteiger partial charge is 0.335 e. The quantitative estimate of drug-likeness (QED) is 0.531. The predicted molar refractivity (Wildman–Crippen MR) is 105 cm³/mol. The monoisotopic (exact) mass is 430 g/mol. The highest BCUT2D eigenvalue weighted by atomic mass is 32.2. The van der Waals surface area contributed by atoms with Crippen LogP contribution in [0.5, 0.6) is 0 Å². The molecule has 2 aromatic carbocycles. The summed E-state index contributed by atoms with van der Waals surface area (Å²) in [5.74, 6) is -1.58. The van der Waals surface area contributed by atoms with Crippen LogP contribution >= 0.6 is 0 Å². The van der Waals surface area contributed by atoms with E-state index in [1.54, 1.807) is 18.3 Å². The first kappa shape index (κ1) is 21.1. The number of nitrogens with two attached hydrogens (primary N) is 1. The summed E-state index contributed by atoms with van der Waals surface area (Å²) in [5, 5.41) is 22.1. The first-order valence-corrected chi connectivity index (χ1v) is 10.2. The van der Waals surface area contributed by atoms with Crippen molar-refractivity contribution in [1.82, 2.24) is 15.0 Å². The molecule has 156 valence electrons. The second-order valence-corrected chi connectivity index (χ2v) is 7.96. The summed E-state index contributed by atoms with van der Waals surface area (Å²) in [5.41, 5.74) is 1.86. The Morgan fingerprint density at radius 2 is 1.77 bits per heavy atom. The van der Waals surface area contributed by atoms with Gasteiger partial charge in [0.25, 0.3) is 0 Å². The maximum absolute atomic E-state index is 12.3. The number of carboxylic acid groups (broad SMARTS) is 1. The van der Waals surface area contributed by atoms with E-state index in [-0.39, 0.29) is 16.9 Å². The van der Waals surface area contributed by atoms with Crippen LogP contribution in [0.4, 0.5) is 0 Å². The summed E-state index contributed by atoms with van der Waals surface area (Å²) in [4.78, 5) is 23.3. The molecule has 11 heteroatoms. The van der Waals surface area contributed by atoms with Crippen LogP contribution in [-0.4, -0.2) is 47.6 Å². The van der Waals surface area contributed by atoms with Gasteiger partial charge in [0, 0.05) is 12.0 Å². The van der Waals surface area contributed by atoms with Crippen molar-refractivity contribution in [2.45, 2.75) is 17.4 Å². The minimum absolute atomic E-state index is 0.0316. The van der Waals surface area contributed by atoms with Crippen LogP contribution < -0.4 is 5.14 Å². The maximum Gasteiger partial charge on any atom is 0.335 e. The lowest BCUT2D eigenvalue weighted by Gasteiger charge is -2.14. The third kappa shape index (κ3) is 4.70. The van der Waals surface area contributed by atoms with E-state index < -0.39 is 28.0 Å². The summed E-state index contributed by atoms with van der Waals surface area (Å²) < 4.78 is 29.0. The molecule has 0 aliphatic rings. The number of rotatable bonds is 7. The molecule has 1 heterocycles. The number of primary sulfonamides is 1. The SMILES string of the molecule is COC(=O)C(Cc1ccc(C(=O)O)cc1)n1cc(-c2ccc(S(N)(=O)=O)cc2)nn1. The number of sulfonamides is 1. The molecule has 3 N–H and O–H groups in total. The lowest BCUT2D eigenvalue weighted by Crippen LogP contribution is -2.23. The number of hydrogen-bond acceptors (Lipinski definition) is 7. The van der Waals surface area contributed by atoms with Gasteiger partial charge in [-0.2, -0.15) is 0 Å². The summed E-state index contributed by atoms with van der Waals surface area (Å²) in [6, 6.07) is 11.1. The van der Waals surface area contributed by atoms with Crippen LogP contribution in [-0.2, 0) is 26.0 Å². The van der Waals surface area contributed by atoms with Gasteiger partial charge in [-0.15, -0.1) is 5.10 Å². The van der Waals surface area contributed by atoms with E-state index in [9.17, 15) is 18.0 Å². The Morgan fingerprint density at radius 3 is 2.30 bits per heavy atom. The van der Waals surface area contributed by atoms with Crippen molar-refractivity contribution in [3.8, 4) is 11.3 Å². The van der Waals surface area contributed by atoms with Gasteiger partial charge in [-0.25, -0.2) is 27.8 Å². The molecule has 10 nitrogen and oxygen atoms in total. The van der Waals surface area contributed by atoms with Crippen LogP contribution in [0.3, 0.4) is 0 Å². The van der Waals surface area contributed by atoms with Crippen molar-refractivity contribution in [3.05, 3.63) is 65.9 Å². The number of methoxy groups -OCH3 is 1. The van der Waals surface area contributed by atoms with Crippen molar-refractivity contribution in [2.75, 3.05) is 7.11 Å². The number of carbonyl (C=O) groups is 2. The molecule has 0 aliphatic carbocycles. The molecule has 1 unspecified atom stereocenters. The molecule has 0 spiro atoms. The lowest BCUT2D eigenvalue weighted by molar-refractivity contribution is -0.144. The average molecular weight is 430 g/mol. The fourth-order valence-electron chi connectivity index (χ4n) is 2.80. The minimum Gasteiger partial charge on any atom is -0.478 e. The Kier molecular flexibility index (Phi) is 5.94. The molecule has 0 fully saturated rings. The van der Waals surface area contributed by atoms with E-state index in [1.165, 1.54) is 48.2 Å². The number of nitrogens with zero attached hydrogens (tertiary/aromatic N) is 3. The summed E-state index contributed by atoms with van der Waals surface area (Å²) in [6.45, 7) is 0. The van der Waals surface area contributed by atoms with Crippen molar-refractivity contribution >= 4 is 22.0 Å². The van der Waals surface area contributed by atoms with Crippen molar-refractivity contribution in [2.24, 2.45) is 5.14 Å². The third-order valence-electron chi connectivity index (χ3n) is 4.41. The molecule has 0 bridgehead atoms. The summed E-state index contributed by atoms with van der Waals surface area (Å²) >= 11 is 0. The van der Waals surface area contributed by atoms with Gasteiger partial charge in [-0.1, -0.05) is 29.5 Å². The van der Waals surface area contributed by atoms with Crippen LogP contribution in [0, 0.1) is 0 Å². The maximum atomic E-state index is 12.3. The molecule has 1 aromatic heterocycles. The van der Waals surface area contributed by atoms with Crippen molar-refractivity contribution < 1.29 is 27.9 Å². The normalized spacial score (nSPS) is 12.3. The lowest BCUT2D eigenvalue weighted by atomic mass is 10.0. The van der Waals surface area contributed by atoms with E-state index >= 15 is 0 Å². The zero-order chi connectivity index (χ0) is 21.9. The molecule has 3 rings (SSSR count). The third-order valence-corrected chi connectivity index (χ3v) is 5.34. The second-order valence-electron chi connectivity index (χ2n) is 6.40. The van der Waals surface area contributed by atoms with Crippen LogP contribution in [0.15, 0.2) is 59.6 Å². The zero-order valence-corrected chi connectivity index (χ0v) is 16.6. The molecule has 0 saturated carbocycles. The van der Waals surface area contributed by atoms with Crippen LogP contribution in [0.1, 0.15) is 22.0 Å². The van der Waals surface area contributed by atoms with Gasteiger partial charge in [0.1, 0.15) is 5.69 Å². The minimum atomic E-state index is -3.81. The number of aromatic carboxylic acids is 1. The fraction of sp³-hybridized carbons (Fsp3) is 0.158. The number of aromatic nitrogens is 3. The van der Waals surface area contributed by atoms with Gasteiger partial charge in [-0.3, -0.25) is 0 Å². The van der Waals surface area contributed by atoms with Gasteiger partial charge in [0.2, 0.25) is 10.0 Å². The topological polar surface area (TPSA) is 154 Å². The standard InChI is InChI=1S/C19H18N4O6S/c1-29-19(26)17(10-12-2-4-14(5-3-12)18(24)25)23-11-16(21-22-23)13-6-8-15(9-7-13)30(20,27)28/h2-9,11,17H,10H2,1H3,(H,24,25)(H2,20,27,28). The molecule has 0 saturated heterocycles. The molecule has 30 heavy (non-hydrogen) atoms. The Balaban J connectivity index is 1.86. The molecule has 3 aromatic rings. The Bertz CT molecular complexity index is 1170. The van der Waals surface area contributed by atoms with E-state index in [4.69, 9.17) is 15.0 Å². The summed E-state index contributed by atoms with van der Waals surface area (Å²) in [6.07, 6.45) is 1.75. The fourth-order valence-corrected chi connectivity index (χ4v) is 3.32. The van der Waals surface area contributed by atoms with E-state index in [0.29, 0.717) is 16.8 Å². The van der Waals surface area contributed by atoms with Gasteiger partial charge in [-0.05, 0) is 29.8 Å². The van der Waals surface area contributed by atoms with Crippen molar-refractivity contribution in [3.63, 3.8) is 0 Å². The van der Waals surface area contributed by atoms with E-state index in [0.717, 1.165) is 0 Å². The molecule has 1 atom stereocenters. The number of hydrogen-bond donors (Lipinski definition) is 2. The average Bonchev–Trinajstić information content (AvgIpc) is 3.21. The number of carboxylic acids is 1. The van der Waals surface area contributed by atoms with Gasteiger partial charge in [0.15, 0.2) is 6.04 Å². The first-order chi connectivity index (χ1) is 14.2. The van der Waals surface area contributed by atoms with Gasteiger partial charge >= 0.3 is 11.9 Å². The molecule has 0 amide bonds.